The number of rotatable bonds is 3. The molecule has 0 fully saturated rings. The molecule has 26 heavy (non-hydrogen) atoms. The first-order valence-corrected chi connectivity index (χ1v) is 7.84. The molecule has 3 aromatic rings. The summed E-state index contributed by atoms with van der Waals surface area (Å²) in [5.74, 6) is -0.545. The number of pyridine rings is 2. The molecule has 0 bridgehead atoms. The first kappa shape index (κ1) is 18.5. The lowest BCUT2D eigenvalue weighted by Crippen LogP contribution is -2.10. The summed E-state index contributed by atoms with van der Waals surface area (Å²) in [4.78, 5) is 15.3. The fourth-order valence-electron chi connectivity index (χ4n) is 2.19. The minimum atomic E-state index is -4.65. The van der Waals surface area contributed by atoms with E-state index in [1.54, 1.807) is 0 Å². The van der Waals surface area contributed by atoms with E-state index in [9.17, 15) is 17.6 Å². The molecule has 0 aliphatic carbocycles. The molecule has 0 saturated heterocycles. The Morgan fingerprint density at radius 2 is 1.65 bits per heavy atom. The maximum absolute atomic E-state index is 13.7. The van der Waals surface area contributed by atoms with Crippen molar-refractivity contribution in [2.75, 3.05) is 0 Å². The molecular formula is C16H8Cl2F4N4. The van der Waals surface area contributed by atoms with E-state index >= 15 is 0 Å². The summed E-state index contributed by atoms with van der Waals surface area (Å²) in [5, 5.41) is -0.0631. The molecule has 3 rings (SSSR count). The summed E-state index contributed by atoms with van der Waals surface area (Å²) in [6.45, 7) is 0. The highest BCUT2D eigenvalue weighted by molar-refractivity contribution is 6.30. The molecular weight excluding hydrogens is 395 g/mol. The second kappa shape index (κ2) is 7.13. The van der Waals surface area contributed by atoms with E-state index in [2.05, 4.69) is 19.9 Å². The first-order valence-electron chi connectivity index (χ1n) is 7.09. The third-order valence-electron chi connectivity index (χ3n) is 3.36. The van der Waals surface area contributed by atoms with Crippen molar-refractivity contribution in [3.63, 3.8) is 0 Å². The fraction of sp³-hybridized carbons (Fsp3) is 0.125. The predicted octanol–water partition coefficient (Wildman–Crippen LogP) is 4.99. The van der Waals surface area contributed by atoms with Crippen LogP contribution in [0.3, 0.4) is 0 Å². The predicted molar refractivity (Wildman–Crippen MR) is 87.3 cm³/mol. The number of halogens is 6. The highest BCUT2D eigenvalue weighted by Crippen LogP contribution is 2.32. The van der Waals surface area contributed by atoms with Gasteiger partial charge in [0.2, 0.25) is 0 Å². The molecule has 3 heterocycles. The van der Waals surface area contributed by atoms with Gasteiger partial charge >= 0.3 is 6.18 Å². The molecule has 0 aliphatic rings. The standard InChI is InChI=1S/C16H8Cl2F4N4/c17-10-6-23-13(24-7-10)4-8-1-2-12(16(20,21)22)26-14(8)9-3-11(19)15(18)25-5-9/h1-3,5-7H,4H2. The van der Waals surface area contributed by atoms with Crippen molar-refractivity contribution in [1.82, 2.24) is 19.9 Å². The normalized spacial score (nSPS) is 11.6. The Labute approximate surface area is 154 Å². The van der Waals surface area contributed by atoms with Crippen molar-refractivity contribution in [2.24, 2.45) is 0 Å². The van der Waals surface area contributed by atoms with Gasteiger partial charge in [-0.2, -0.15) is 13.2 Å². The van der Waals surface area contributed by atoms with Gasteiger partial charge in [-0.1, -0.05) is 29.3 Å². The molecule has 0 atom stereocenters. The van der Waals surface area contributed by atoms with Crippen LogP contribution in [0.4, 0.5) is 17.6 Å². The lowest BCUT2D eigenvalue weighted by Gasteiger charge is -2.12. The van der Waals surface area contributed by atoms with Gasteiger partial charge in [0.1, 0.15) is 11.5 Å². The van der Waals surface area contributed by atoms with Crippen molar-refractivity contribution < 1.29 is 17.6 Å². The molecule has 0 aliphatic heterocycles. The lowest BCUT2D eigenvalue weighted by molar-refractivity contribution is -0.141. The van der Waals surface area contributed by atoms with Gasteiger partial charge in [-0.25, -0.2) is 24.3 Å². The van der Waals surface area contributed by atoms with E-state index in [0.717, 1.165) is 18.3 Å². The molecule has 0 saturated carbocycles. The average Bonchev–Trinajstić information content (AvgIpc) is 2.59. The Morgan fingerprint density at radius 1 is 0.962 bits per heavy atom. The molecule has 0 spiro atoms. The number of hydrogen-bond acceptors (Lipinski definition) is 4. The Bertz CT molecular complexity index is 946. The van der Waals surface area contributed by atoms with Crippen LogP contribution in [0.5, 0.6) is 0 Å². The Hall–Kier alpha value is -2.32. The average molecular weight is 403 g/mol. The minimum absolute atomic E-state index is 0.0574. The SMILES string of the molecule is Fc1cc(-c2nc(C(F)(F)F)ccc2Cc2ncc(Cl)cn2)cnc1Cl. The molecule has 0 amide bonds. The van der Waals surface area contributed by atoms with Crippen molar-refractivity contribution in [2.45, 2.75) is 12.6 Å². The number of nitrogens with zero attached hydrogens (tertiary/aromatic N) is 4. The third-order valence-corrected chi connectivity index (χ3v) is 3.83. The topological polar surface area (TPSA) is 51.6 Å². The van der Waals surface area contributed by atoms with Crippen LogP contribution in [0.1, 0.15) is 17.1 Å². The van der Waals surface area contributed by atoms with Crippen molar-refractivity contribution in [3.05, 3.63) is 69.9 Å². The quantitative estimate of drug-likeness (QED) is 0.457. The van der Waals surface area contributed by atoms with Crippen LogP contribution in [0.15, 0.2) is 36.8 Å². The van der Waals surface area contributed by atoms with Gasteiger partial charge in [0.05, 0.1) is 10.7 Å². The summed E-state index contributed by atoms with van der Waals surface area (Å²) >= 11 is 11.3. The van der Waals surface area contributed by atoms with Crippen LogP contribution in [-0.2, 0) is 12.6 Å². The molecule has 0 aromatic carbocycles. The molecule has 0 N–H and O–H groups in total. The Kier molecular flexibility index (Phi) is 5.06. The van der Waals surface area contributed by atoms with Crippen LogP contribution >= 0.6 is 23.2 Å². The van der Waals surface area contributed by atoms with E-state index in [1.807, 2.05) is 0 Å². The second-order valence-electron chi connectivity index (χ2n) is 5.19. The zero-order valence-electron chi connectivity index (χ0n) is 12.7. The summed E-state index contributed by atoms with van der Waals surface area (Å²) in [6.07, 6.45) is -0.695. The van der Waals surface area contributed by atoms with Crippen LogP contribution in [0.25, 0.3) is 11.3 Å². The fourth-order valence-corrected chi connectivity index (χ4v) is 2.39. The number of aromatic nitrogens is 4. The zero-order valence-corrected chi connectivity index (χ0v) is 14.2. The van der Waals surface area contributed by atoms with Gasteiger partial charge in [0, 0.05) is 30.6 Å². The summed E-state index contributed by atoms with van der Waals surface area (Å²) < 4.78 is 52.8. The summed E-state index contributed by atoms with van der Waals surface area (Å²) in [5.41, 5.74) is -0.768. The maximum Gasteiger partial charge on any atom is 0.433 e. The van der Waals surface area contributed by atoms with Crippen LogP contribution < -0.4 is 0 Å². The maximum atomic E-state index is 13.7. The van der Waals surface area contributed by atoms with Gasteiger partial charge in [0.25, 0.3) is 0 Å². The summed E-state index contributed by atoms with van der Waals surface area (Å²) in [6, 6.07) is 3.06. The molecule has 0 radical (unpaired) electrons. The molecule has 0 unspecified atom stereocenters. The lowest BCUT2D eigenvalue weighted by atomic mass is 10.0. The third kappa shape index (κ3) is 4.08. The van der Waals surface area contributed by atoms with Gasteiger partial charge in [-0.3, -0.25) is 0 Å². The van der Waals surface area contributed by atoms with Crippen molar-refractivity contribution >= 4 is 23.2 Å². The molecule has 10 heteroatoms. The number of alkyl halides is 3. The van der Waals surface area contributed by atoms with E-state index in [4.69, 9.17) is 23.2 Å². The smallest absolute Gasteiger partial charge is 0.243 e. The van der Waals surface area contributed by atoms with Gasteiger partial charge in [-0.05, 0) is 17.7 Å². The highest BCUT2D eigenvalue weighted by Gasteiger charge is 2.33. The summed E-state index contributed by atoms with van der Waals surface area (Å²) in [7, 11) is 0. The van der Waals surface area contributed by atoms with Gasteiger partial charge in [0.15, 0.2) is 11.0 Å². The van der Waals surface area contributed by atoms with E-state index in [-0.39, 0.29) is 22.8 Å². The number of hydrogen-bond donors (Lipinski definition) is 0. The van der Waals surface area contributed by atoms with Crippen LogP contribution in [-0.4, -0.2) is 19.9 Å². The molecule has 4 nitrogen and oxygen atoms in total. The zero-order chi connectivity index (χ0) is 18.9. The van der Waals surface area contributed by atoms with Crippen molar-refractivity contribution in [3.8, 4) is 11.3 Å². The van der Waals surface area contributed by atoms with Gasteiger partial charge in [-0.15, -0.1) is 0 Å². The minimum Gasteiger partial charge on any atom is -0.243 e. The van der Waals surface area contributed by atoms with E-state index in [0.29, 0.717) is 16.4 Å². The highest BCUT2D eigenvalue weighted by atomic mass is 35.5. The van der Waals surface area contributed by atoms with Crippen molar-refractivity contribution in [1.29, 1.82) is 0 Å². The van der Waals surface area contributed by atoms with E-state index < -0.39 is 17.7 Å². The van der Waals surface area contributed by atoms with Crippen LogP contribution in [0, 0.1) is 5.82 Å². The molecule has 3 aromatic heterocycles. The van der Waals surface area contributed by atoms with Gasteiger partial charge < -0.3 is 0 Å². The Balaban J connectivity index is 2.10. The monoisotopic (exact) mass is 402 g/mol. The largest absolute Gasteiger partial charge is 0.433 e. The van der Waals surface area contributed by atoms with Crippen LogP contribution in [0.2, 0.25) is 10.2 Å². The van der Waals surface area contributed by atoms with E-state index in [1.165, 1.54) is 18.5 Å². The second-order valence-corrected chi connectivity index (χ2v) is 5.99. The Morgan fingerprint density at radius 3 is 2.27 bits per heavy atom. The first-order chi connectivity index (χ1) is 12.2. The molecule has 134 valence electrons.